The van der Waals surface area contributed by atoms with Gasteiger partial charge in [-0.25, -0.2) is 0 Å². The van der Waals surface area contributed by atoms with Gasteiger partial charge in [0.1, 0.15) is 5.75 Å². The van der Waals surface area contributed by atoms with E-state index >= 15 is 0 Å². The third-order valence-electron chi connectivity index (χ3n) is 1.79. The summed E-state index contributed by atoms with van der Waals surface area (Å²) in [4.78, 5) is 0. The molecule has 0 heterocycles. The van der Waals surface area contributed by atoms with Crippen LogP contribution in [0.3, 0.4) is 0 Å². The van der Waals surface area contributed by atoms with E-state index in [1.54, 1.807) is 0 Å². The molecule has 0 saturated heterocycles. The van der Waals surface area contributed by atoms with Crippen LogP contribution in [0, 0.1) is 0 Å². The number of hydrogen-bond donors (Lipinski definition) is 3. The number of nitrogens with one attached hydrogen (secondary N) is 1. The molecule has 5 heteroatoms. The zero-order chi connectivity index (χ0) is 10.0. The molecule has 3 nitrogen and oxygen atoms in total. The van der Waals surface area contributed by atoms with Crippen LogP contribution >= 0.6 is 31.9 Å². The Balaban J connectivity index is 3.13. The number of halogens is 2. The van der Waals surface area contributed by atoms with Gasteiger partial charge < -0.3 is 5.11 Å². The molecule has 0 amide bonds. The Bertz CT molecular complexity index is 294. The molecule has 0 aliphatic heterocycles. The van der Waals surface area contributed by atoms with E-state index in [0.717, 1.165) is 5.56 Å². The van der Waals surface area contributed by atoms with Crippen LogP contribution in [-0.2, 0) is 0 Å². The van der Waals surface area contributed by atoms with Gasteiger partial charge in [-0.15, -0.1) is 0 Å². The van der Waals surface area contributed by atoms with Crippen LogP contribution in [0.1, 0.15) is 18.5 Å². The van der Waals surface area contributed by atoms with E-state index in [9.17, 15) is 5.11 Å². The Morgan fingerprint density at radius 1 is 1.38 bits per heavy atom. The summed E-state index contributed by atoms with van der Waals surface area (Å²) in [6.45, 7) is 1.94. The number of hydrazine groups is 1. The van der Waals surface area contributed by atoms with Crippen LogP contribution in [0.25, 0.3) is 0 Å². The Hall–Kier alpha value is -0.100. The van der Waals surface area contributed by atoms with Crippen molar-refractivity contribution >= 4 is 31.9 Å². The topological polar surface area (TPSA) is 58.3 Å². The van der Waals surface area contributed by atoms with E-state index < -0.39 is 0 Å². The molecule has 13 heavy (non-hydrogen) atoms. The number of phenols is 1. The van der Waals surface area contributed by atoms with E-state index in [-0.39, 0.29) is 11.8 Å². The fourth-order valence-corrected chi connectivity index (χ4v) is 2.15. The maximum atomic E-state index is 9.44. The molecule has 0 fully saturated rings. The molecule has 0 aliphatic rings. The van der Waals surface area contributed by atoms with Gasteiger partial charge in [-0.3, -0.25) is 11.3 Å². The number of rotatable bonds is 2. The second-order valence-electron chi connectivity index (χ2n) is 2.72. The molecule has 1 aromatic rings. The molecule has 0 unspecified atom stereocenters. The normalized spacial score (nSPS) is 12.9. The molecule has 4 N–H and O–H groups in total. The Kier molecular flexibility index (Phi) is 3.73. The quantitative estimate of drug-likeness (QED) is 0.581. The molecule has 1 aromatic carbocycles. The molecule has 0 spiro atoms. The van der Waals surface area contributed by atoms with Crippen molar-refractivity contribution in [3.8, 4) is 5.75 Å². The number of hydrogen-bond acceptors (Lipinski definition) is 3. The summed E-state index contributed by atoms with van der Waals surface area (Å²) < 4.78 is 1.30. The summed E-state index contributed by atoms with van der Waals surface area (Å²) in [6, 6.07) is 3.70. The second-order valence-corrected chi connectivity index (χ2v) is 4.43. The fraction of sp³-hybridized carbons (Fsp3) is 0.250. The molecule has 0 aromatic heterocycles. The van der Waals surface area contributed by atoms with Gasteiger partial charge in [0.25, 0.3) is 0 Å². The predicted molar refractivity (Wildman–Crippen MR) is 59.2 cm³/mol. The van der Waals surface area contributed by atoms with Gasteiger partial charge in [0.15, 0.2) is 0 Å². The van der Waals surface area contributed by atoms with Gasteiger partial charge in [0.05, 0.1) is 8.95 Å². The van der Waals surface area contributed by atoms with Crippen molar-refractivity contribution in [3.63, 3.8) is 0 Å². The first kappa shape index (κ1) is 11.0. The Morgan fingerprint density at radius 3 is 2.23 bits per heavy atom. The fourth-order valence-electron chi connectivity index (χ4n) is 0.931. The van der Waals surface area contributed by atoms with Crippen molar-refractivity contribution in [3.05, 3.63) is 26.6 Å². The number of phenolic OH excluding ortho intramolecular Hbond substituents is 1. The average Bonchev–Trinajstić information content (AvgIpc) is 2.12. The largest absolute Gasteiger partial charge is 0.506 e. The SMILES string of the molecule is C[C@H](NN)c1cc(Br)c(O)c(Br)c1. The van der Waals surface area contributed by atoms with E-state index in [4.69, 9.17) is 5.84 Å². The summed E-state index contributed by atoms with van der Waals surface area (Å²) in [5, 5.41) is 9.44. The number of nitrogens with two attached hydrogens (primary N) is 1. The minimum atomic E-state index is 0.0493. The maximum absolute atomic E-state index is 9.44. The lowest BCUT2D eigenvalue weighted by Crippen LogP contribution is -2.25. The van der Waals surface area contributed by atoms with E-state index in [2.05, 4.69) is 37.3 Å². The molecular weight excluding hydrogens is 300 g/mol. The third-order valence-corrected chi connectivity index (χ3v) is 3.00. The molecule has 0 radical (unpaired) electrons. The first-order valence-corrected chi connectivity index (χ1v) is 5.29. The van der Waals surface area contributed by atoms with Gasteiger partial charge in [-0.2, -0.15) is 0 Å². The molecular formula is C8H10Br2N2O. The second kappa shape index (κ2) is 4.41. The first-order chi connectivity index (χ1) is 6.06. The van der Waals surface area contributed by atoms with Gasteiger partial charge in [0.2, 0.25) is 0 Å². The lowest BCUT2D eigenvalue weighted by molar-refractivity contribution is 0.467. The summed E-state index contributed by atoms with van der Waals surface area (Å²) in [7, 11) is 0. The summed E-state index contributed by atoms with van der Waals surface area (Å²) in [5.41, 5.74) is 3.63. The molecule has 0 bridgehead atoms. The third kappa shape index (κ3) is 2.43. The summed E-state index contributed by atoms with van der Waals surface area (Å²) in [6.07, 6.45) is 0. The van der Waals surface area contributed by atoms with Crippen LogP contribution in [0.2, 0.25) is 0 Å². The lowest BCUT2D eigenvalue weighted by Gasteiger charge is -2.12. The highest BCUT2D eigenvalue weighted by Gasteiger charge is 2.09. The minimum Gasteiger partial charge on any atom is -0.506 e. The van der Waals surface area contributed by atoms with E-state index in [0.29, 0.717) is 8.95 Å². The highest BCUT2D eigenvalue weighted by atomic mass is 79.9. The first-order valence-electron chi connectivity index (χ1n) is 3.70. The van der Waals surface area contributed by atoms with Crippen LogP contribution < -0.4 is 11.3 Å². The van der Waals surface area contributed by atoms with Crippen LogP contribution in [0.4, 0.5) is 0 Å². The van der Waals surface area contributed by atoms with Crippen LogP contribution in [0.5, 0.6) is 5.75 Å². The van der Waals surface area contributed by atoms with Crippen LogP contribution in [0.15, 0.2) is 21.1 Å². The Morgan fingerprint density at radius 2 is 1.85 bits per heavy atom. The maximum Gasteiger partial charge on any atom is 0.143 e. The van der Waals surface area contributed by atoms with E-state index in [1.165, 1.54) is 0 Å². The van der Waals surface area contributed by atoms with Crippen LogP contribution in [-0.4, -0.2) is 5.11 Å². The van der Waals surface area contributed by atoms with Gasteiger partial charge in [0, 0.05) is 6.04 Å². The summed E-state index contributed by atoms with van der Waals surface area (Å²) >= 11 is 6.49. The van der Waals surface area contributed by atoms with Crippen molar-refractivity contribution in [2.45, 2.75) is 13.0 Å². The monoisotopic (exact) mass is 308 g/mol. The molecule has 72 valence electrons. The molecule has 0 saturated carbocycles. The standard InChI is InChI=1S/C8H10Br2N2O/c1-4(12-11)5-2-6(9)8(13)7(10)3-5/h2-4,12-13H,11H2,1H3/t4-/m0/s1. The predicted octanol–water partition coefficient (Wildman–Crippen LogP) is 2.44. The molecule has 0 aliphatic carbocycles. The van der Waals surface area contributed by atoms with E-state index in [1.807, 2.05) is 19.1 Å². The van der Waals surface area contributed by atoms with Crippen molar-refractivity contribution in [2.75, 3.05) is 0 Å². The highest BCUT2D eigenvalue weighted by molar-refractivity contribution is 9.11. The van der Waals surface area contributed by atoms with Crippen molar-refractivity contribution in [1.82, 2.24) is 5.43 Å². The van der Waals surface area contributed by atoms with Crippen molar-refractivity contribution in [1.29, 1.82) is 0 Å². The summed E-state index contributed by atoms with van der Waals surface area (Å²) in [5.74, 6) is 5.50. The van der Waals surface area contributed by atoms with Gasteiger partial charge in [-0.05, 0) is 56.5 Å². The smallest absolute Gasteiger partial charge is 0.143 e. The number of benzene rings is 1. The lowest BCUT2D eigenvalue weighted by atomic mass is 10.1. The molecule has 1 atom stereocenters. The zero-order valence-electron chi connectivity index (χ0n) is 7.01. The minimum absolute atomic E-state index is 0.0493. The highest BCUT2D eigenvalue weighted by Crippen LogP contribution is 2.34. The average molecular weight is 310 g/mol. The zero-order valence-corrected chi connectivity index (χ0v) is 10.2. The van der Waals surface area contributed by atoms with Crippen molar-refractivity contribution in [2.24, 2.45) is 5.84 Å². The Labute approximate surface area is 93.6 Å². The van der Waals surface area contributed by atoms with Gasteiger partial charge >= 0.3 is 0 Å². The van der Waals surface area contributed by atoms with Crippen molar-refractivity contribution < 1.29 is 5.11 Å². The molecule has 1 rings (SSSR count). The number of aromatic hydroxyl groups is 1. The van der Waals surface area contributed by atoms with Gasteiger partial charge in [-0.1, -0.05) is 0 Å².